The van der Waals surface area contributed by atoms with E-state index in [1.807, 2.05) is 24.3 Å². The van der Waals surface area contributed by atoms with Crippen LogP contribution in [0.5, 0.6) is 23.0 Å². The van der Waals surface area contributed by atoms with Gasteiger partial charge in [0, 0.05) is 60.7 Å². The number of carboxylic acid groups (broad SMARTS) is 4. The van der Waals surface area contributed by atoms with Crippen molar-refractivity contribution in [3.8, 4) is 23.0 Å². The Morgan fingerprint density at radius 1 is 0.314 bits per heavy atom. The van der Waals surface area contributed by atoms with Crippen molar-refractivity contribution < 1.29 is 117 Å². The molecular weight excluding hydrogens is 1010 g/mol. The summed E-state index contributed by atoms with van der Waals surface area (Å²) >= 11 is 0. The molecule has 0 unspecified atom stereocenters. The first-order valence-electron chi connectivity index (χ1n) is 20.0. The second-order valence-corrected chi connectivity index (χ2v) is 14.2. The van der Waals surface area contributed by atoms with E-state index < -0.39 is 47.8 Å². The number of carboxylic acids is 4. The Kier molecular flexibility index (Phi) is 20.7. The van der Waals surface area contributed by atoms with Gasteiger partial charge in [-0.1, -0.05) is 109 Å². The van der Waals surface area contributed by atoms with Crippen molar-refractivity contribution in [1.29, 1.82) is 0 Å². The van der Waals surface area contributed by atoms with Gasteiger partial charge >= 0.3 is 62.8 Å². The number of hydrogen-bond donors (Lipinski definition) is 0. The maximum Gasteiger partial charge on any atom is 2.00 e. The van der Waals surface area contributed by atoms with Crippen molar-refractivity contribution in [3.05, 3.63) is 168 Å². The summed E-state index contributed by atoms with van der Waals surface area (Å²) in [6, 6.07) is 40.5. The van der Waals surface area contributed by atoms with Crippen LogP contribution in [0.2, 0.25) is 0 Å². The quantitative estimate of drug-likeness (QED) is 0.115. The molecule has 0 radical (unpaired) electrons. The van der Waals surface area contributed by atoms with E-state index >= 15 is 0 Å². The van der Waals surface area contributed by atoms with Crippen LogP contribution < -0.4 is 39.4 Å². The molecule has 0 bridgehead atoms. The molecule has 0 heterocycles. The minimum Gasteiger partial charge on any atom is -0.545 e. The van der Waals surface area contributed by atoms with E-state index in [4.69, 9.17) is 18.9 Å². The molecule has 0 atom stereocenters. The summed E-state index contributed by atoms with van der Waals surface area (Å²) in [6.45, 7) is 4.88. The number of aromatic carboxylic acids is 4. The third-order valence-electron chi connectivity index (χ3n) is 9.33. The van der Waals surface area contributed by atoms with Gasteiger partial charge in [0.05, 0.1) is 23.9 Å². The molecule has 0 aliphatic rings. The monoisotopic (exact) mass is 1040 g/mol. The Bertz CT molecular complexity index is 3040. The first-order valence-corrected chi connectivity index (χ1v) is 20.0. The number of rotatable bonds is 8. The maximum absolute atomic E-state index is 11.0. The Morgan fingerprint density at radius 3 is 0.843 bits per heavy atom. The van der Waals surface area contributed by atoms with E-state index in [1.54, 1.807) is 84.9 Å². The number of benzene rings is 8. The van der Waals surface area contributed by atoms with Gasteiger partial charge < -0.3 is 58.6 Å². The number of carbonyl (C=O) groups is 8. The molecule has 0 aromatic heterocycles. The number of fused-ring (bicyclic) bond motifs is 4. The van der Waals surface area contributed by atoms with Crippen molar-refractivity contribution in [2.45, 2.75) is 27.7 Å². The molecule has 18 heteroatoms. The van der Waals surface area contributed by atoms with E-state index in [0.29, 0.717) is 10.8 Å². The molecule has 0 saturated heterocycles. The van der Waals surface area contributed by atoms with Crippen LogP contribution in [0.4, 0.5) is 0 Å². The van der Waals surface area contributed by atoms with Crippen molar-refractivity contribution in [3.63, 3.8) is 0 Å². The summed E-state index contributed by atoms with van der Waals surface area (Å²) in [7, 11) is 0. The molecule has 344 valence electrons. The average molecular weight is 1050 g/mol. The molecule has 0 N–H and O–H groups in total. The van der Waals surface area contributed by atoms with Gasteiger partial charge in [-0.05, 0) is 68.7 Å². The molecule has 0 saturated carbocycles. The van der Waals surface area contributed by atoms with E-state index in [0.717, 1.165) is 32.3 Å². The molecule has 0 amide bonds. The summed E-state index contributed by atoms with van der Waals surface area (Å²) in [4.78, 5) is 87.5. The van der Waals surface area contributed by atoms with Gasteiger partial charge in [0.15, 0.2) is 0 Å². The zero-order valence-electron chi connectivity index (χ0n) is 37.8. The zero-order valence-corrected chi connectivity index (χ0v) is 43.7. The van der Waals surface area contributed by atoms with Gasteiger partial charge in [-0.15, -0.1) is 0 Å². The molecule has 0 aliphatic heterocycles. The summed E-state index contributed by atoms with van der Waals surface area (Å²) in [5.74, 6) is -7.64. The largest absolute Gasteiger partial charge is 2.00 e. The zero-order chi connectivity index (χ0) is 49.7. The van der Waals surface area contributed by atoms with Crippen molar-refractivity contribution in [1.82, 2.24) is 0 Å². The number of carbonyl (C=O) groups excluding carboxylic acids is 8. The van der Waals surface area contributed by atoms with Gasteiger partial charge in [0.1, 0.15) is 23.0 Å². The molecule has 8 aromatic carbocycles. The normalized spacial score (nSPS) is 9.89. The van der Waals surface area contributed by atoms with Gasteiger partial charge in [0.2, 0.25) is 0 Å². The van der Waals surface area contributed by atoms with E-state index in [1.165, 1.54) is 64.1 Å². The molecular formula is C52H36O16Zn2. The molecule has 0 aliphatic carbocycles. The van der Waals surface area contributed by atoms with Gasteiger partial charge in [-0.25, -0.2) is 0 Å². The molecule has 16 nitrogen and oxygen atoms in total. The second-order valence-electron chi connectivity index (χ2n) is 14.2. The number of hydrogen-bond acceptors (Lipinski definition) is 16. The third-order valence-corrected chi connectivity index (χ3v) is 9.33. The first kappa shape index (κ1) is 56.1. The summed E-state index contributed by atoms with van der Waals surface area (Å²) < 4.78 is 19.6. The molecule has 0 spiro atoms. The Morgan fingerprint density at radius 2 is 0.571 bits per heavy atom. The summed E-state index contributed by atoms with van der Waals surface area (Å²) in [6.07, 6.45) is 0. The number of esters is 4. The van der Waals surface area contributed by atoms with Crippen LogP contribution in [0.25, 0.3) is 43.1 Å². The number of ether oxygens (including phenoxy) is 4. The van der Waals surface area contributed by atoms with Gasteiger partial charge in [-0.3, -0.25) is 19.2 Å². The Labute approximate surface area is 423 Å². The Balaban J connectivity index is 0.000000245. The summed E-state index contributed by atoms with van der Waals surface area (Å²) in [5, 5.41) is 49.6. The molecule has 8 rings (SSSR count). The smallest absolute Gasteiger partial charge is 0.545 e. The fraction of sp³-hybridized carbons (Fsp3) is 0.0769. The van der Waals surface area contributed by atoms with E-state index in [2.05, 4.69) is 0 Å². The van der Waals surface area contributed by atoms with E-state index in [9.17, 15) is 58.8 Å². The predicted octanol–water partition coefficient (Wildman–Crippen LogP) is 4.51. The van der Waals surface area contributed by atoms with Crippen molar-refractivity contribution >= 4 is 90.8 Å². The first-order chi connectivity index (χ1) is 32.3. The minimum absolute atomic E-state index is 0. The fourth-order valence-corrected chi connectivity index (χ4v) is 6.55. The standard InChI is InChI=1S/4C13H10O4.2Zn/c2*1-8(14)17-12-7-10-5-3-2-4-9(10)6-11(12)13(15)16;2*1-8(14)17-12-10-5-3-2-4-9(10)6-7-11(12)13(15)16;;/h4*2-7H,1H3,(H,15,16);;/q;;;;2*+2/p-4. The maximum atomic E-state index is 11.0. The SMILES string of the molecule is CC(=O)Oc1c(C(=O)[O-])ccc2ccccc12.CC(=O)Oc1c(C(=O)[O-])ccc2ccccc12.CC(=O)Oc1cc2ccccc2cc1C(=O)[O-].CC(=O)Oc1cc2ccccc2cc1C(=O)[O-].[Zn+2].[Zn+2]. The molecule has 8 aromatic rings. The van der Waals surface area contributed by atoms with Crippen LogP contribution in [0.15, 0.2) is 146 Å². The third kappa shape index (κ3) is 14.9. The minimum atomic E-state index is -1.37. The molecule has 70 heavy (non-hydrogen) atoms. The fourth-order valence-electron chi connectivity index (χ4n) is 6.55. The topological polar surface area (TPSA) is 266 Å². The predicted molar refractivity (Wildman–Crippen MR) is 238 cm³/mol. The van der Waals surface area contributed by atoms with Gasteiger partial charge in [0.25, 0.3) is 0 Å². The van der Waals surface area contributed by atoms with E-state index in [-0.39, 0.29) is 84.2 Å². The van der Waals surface area contributed by atoms with Crippen LogP contribution in [-0.2, 0) is 58.1 Å². The van der Waals surface area contributed by atoms with Crippen LogP contribution in [0.1, 0.15) is 69.1 Å². The van der Waals surface area contributed by atoms with Gasteiger partial charge in [-0.2, -0.15) is 0 Å². The Hall–Kier alpha value is -8.19. The summed E-state index contributed by atoms with van der Waals surface area (Å²) in [5.41, 5.74) is -0.504. The van der Waals surface area contributed by atoms with Crippen molar-refractivity contribution in [2.24, 2.45) is 0 Å². The van der Waals surface area contributed by atoms with Crippen LogP contribution in [-0.4, -0.2) is 47.8 Å². The van der Waals surface area contributed by atoms with Crippen LogP contribution in [0, 0.1) is 0 Å². The van der Waals surface area contributed by atoms with Crippen LogP contribution in [0.3, 0.4) is 0 Å². The second kappa shape index (κ2) is 25.8. The average Bonchev–Trinajstić information content (AvgIpc) is 3.28. The van der Waals surface area contributed by atoms with Crippen LogP contribution >= 0.6 is 0 Å². The molecule has 0 fully saturated rings. The van der Waals surface area contributed by atoms with Crippen molar-refractivity contribution in [2.75, 3.05) is 0 Å².